The van der Waals surface area contributed by atoms with Crippen molar-refractivity contribution in [2.24, 2.45) is 0 Å². The van der Waals surface area contributed by atoms with Crippen molar-refractivity contribution in [1.82, 2.24) is 29.7 Å². The molecule has 1 atom stereocenters. The highest BCUT2D eigenvalue weighted by Crippen LogP contribution is 2.26. The highest BCUT2D eigenvalue weighted by Gasteiger charge is 2.25. The highest BCUT2D eigenvalue weighted by atomic mass is 35.5. The maximum Gasteiger partial charge on any atom is 0.269 e. The molecule has 0 saturated heterocycles. The molecule has 1 amide bonds. The van der Waals surface area contributed by atoms with Crippen molar-refractivity contribution in [3.05, 3.63) is 59.8 Å². The number of carbonyl (C=O) groups is 1. The number of aromatic nitrogens is 6. The number of halogens is 1. The van der Waals surface area contributed by atoms with Crippen LogP contribution in [0.15, 0.2) is 49.2 Å². The normalized spacial score (nSPS) is 12.2. The van der Waals surface area contributed by atoms with E-state index in [1.807, 2.05) is 26.8 Å². The quantitative estimate of drug-likeness (QED) is 0.419. The van der Waals surface area contributed by atoms with Gasteiger partial charge >= 0.3 is 0 Å². The monoisotopic (exact) mass is 467 g/mol. The van der Waals surface area contributed by atoms with Gasteiger partial charge in [0.2, 0.25) is 12.0 Å². The van der Waals surface area contributed by atoms with E-state index in [2.05, 4.69) is 30.4 Å². The predicted octanol–water partition coefficient (Wildman–Crippen LogP) is 3.38. The first kappa shape index (κ1) is 22.6. The summed E-state index contributed by atoms with van der Waals surface area (Å²) in [6.07, 6.45) is 4.99. The summed E-state index contributed by atoms with van der Waals surface area (Å²) in [5.41, 5.74) is 1.26. The molecule has 0 aliphatic heterocycles. The van der Waals surface area contributed by atoms with Gasteiger partial charge in [0.05, 0.1) is 23.9 Å². The summed E-state index contributed by atoms with van der Waals surface area (Å²) in [5, 5.41) is 8.04. The van der Waals surface area contributed by atoms with Crippen LogP contribution in [0.1, 0.15) is 19.4 Å². The zero-order valence-corrected chi connectivity index (χ0v) is 19.0. The van der Waals surface area contributed by atoms with Crippen molar-refractivity contribution in [2.75, 3.05) is 11.9 Å². The number of fused-ring (bicyclic) bond motifs is 1. The highest BCUT2D eigenvalue weighted by molar-refractivity contribution is 6.32. The zero-order valence-electron chi connectivity index (χ0n) is 18.3. The average molecular weight is 468 g/mol. The van der Waals surface area contributed by atoms with Crippen molar-refractivity contribution in [3.8, 4) is 11.7 Å². The van der Waals surface area contributed by atoms with Gasteiger partial charge in [-0.3, -0.25) is 4.79 Å². The Morgan fingerprint density at radius 3 is 2.70 bits per heavy atom. The summed E-state index contributed by atoms with van der Waals surface area (Å²) in [4.78, 5) is 30.0. The Hall–Kier alpha value is -3.63. The minimum Gasteiger partial charge on any atom is -0.461 e. The summed E-state index contributed by atoms with van der Waals surface area (Å²) in [6, 6.07) is 7.08. The van der Waals surface area contributed by atoms with Gasteiger partial charge in [0.15, 0.2) is 11.5 Å². The summed E-state index contributed by atoms with van der Waals surface area (Å²) in [5.74, 6) is 0.640. The van der Waals surface area contributed by atoms with Gasteiger partial charge in [0, 0.05) is 12.4 Å². The second-order valence-corrected chi connectivity index (χ2v) is 7.84. The van der Waals surface area contributed by atoms with Gasteiger partial charge in [-0.1, -0.05) is 17.7 Å². The smallest absolute Gasteiger partial charge is 0.269 e. The Balaban J connectivity index is 1.64. The molecule has 0 unspecified atom stereocenters. The van der Waals surface area contributed by atoms with E-state index >= 15 is 0 Å². The molecule has 4 aromatic heterocycles. The molecule has 1 N–H and O–H groups in total. The van der Waals surface area contributed by atoms with Gasteiger partial charge in [-0.15, -0.1) is 0 Å². The van der Waals surface area contributed by atoms with Crippen LogP contribution in [0.3, 0.4) is 0 Å². The molecule has 0 aromatic carbocycles. The van der Waals surface area contributed by atoms with Gasteiger partial charge in [-0.25, -0.2) is 19.9 Å². The fraction of sp³-hybridized carbons (Fsp3) is 0.273. The third-order valence-electron chi connectivity index (χ3n) is 4.65. The molecular weight excluding hydrogens is 446 g/mol. The maximum atomic E-state index is 13.0. The first-order valence-corrected chi connectivity index (χ1v) is 10.6. The molecule has 0 fully saturated rings. The molecule has 0 bridgehead atoms. The van der Waals surface area contributed by atoms with Gasteiger partial charge in [0.25, 0.3) is 5.91 Å². The number of hydrogen-bond acceptors (Lipinski definition) is 8. The minimum atomic E-state index is -0.992. The fourth-order valence-electron chi connectivity index (χ4n) is 3.00. The molecule has 4 aromatic rings. The molecule has 170 valence electrons. The van der Waals surface area contributed by atoms with Crippen molar-refractivity contribution in [2.45, 2.75) is 33.0 Å². The Morgan fingerprint density at radius 2 is 1.94 bits per heavy atom. The Bertz CT molecular complexity index is 1280. The van der Waals surface area contributed by atoms with Crippen LogP contribution >= 0.6 is 11.6 Å². The number of carbonyl (C=O) groups excluding carboxylic acids is 1. The lowest BCUT2D eigenvalue weighted by atomic mass is 10.2. The number of pyridine rings is 2. The van der Waals surface area contributed by atoms with Crippen LogP contribution < -0.4 is 10.1 Å². The molecule has 0 aliphatic rings. The first-order chi connectivity index (χ1) is 15.9. The SMILES string of the molecule is Cc1cccnc1NC(=O)[C@H](COC(C)C)Oc1ncnc2c1cnn2-c1ncccc1Cl. The second-order valence-electron chi connectivity index (χ2n) is 7.43. The van der Waals surface area contributed by atoms with Gasteiger partial charge in [0.1, 0.15) is 17.5 Å². The molecule has 10 nitrogen and oxygen atoms in total. The summed E-state index contributed by atoms with van der Waals surface area (Å²) in [6.45, 7) is 5.62. The minimum absolute atomic E-state index is 0.0150. The Kier molecular flexibility index (Phi) is 6.76. The molecule has 4 rings (SSSR count). The average Bonchev–Trinajstić information content (AvgIpc) is 3.23. The van der Waals surface area contributed by atoms with Crippen LogP contribution in [0.25, 0.3) is 16.9 Å². The number of rotatable bonds is 8. The van der Waals surface area contributed by atoms with Crippen molar-refractivity contribution >= 4 is 34.4 Å². The lowest BCUT2D eigenvalue weighted by Gasteiger charge is -2.20. The van der Waals surface area contributed by atoms with Crippen LogP contribution in [0, 0.1) is 6.92 Å². The number of ether oxygens (including phenoxy) is 2. The largest absolute Gasteiger partial charge is 0.461 e. The standard InChI is InChI=1S/C22H22ClN7O3/c1-13(2)32-11-17(21(31)29-18-14(3)6-4-8-24-18)33-22-15-10-28-30(19(15)26-12-27-22)20-16(23)7-5-9-25-20/h4-10,12-13,17H,11H2,1-3H3,(H,24,29,31)/t17-/m0/s1. The molecule has 0 spiro atoms. The van der Waals surface area contributed by atoms with E-state index in [1.165, 1.54) is 17.2 Å². The van der Waals surface area contributed by atoms with E-state index in [4.69, 9.17) is 21.1 Å². The molecule has 0 aliphatic carbocycles. The van der Waals surface area contributed by atoms with E-state index < -0.39 is 12.0 Å². The lowest BCUT2D eigenvalue weighted by Crippen LogP contribution is -2.38. The van der Waals surface area contributed by atoms with Crippen LogP contribution in [-0.4, -0.2) is 54.4 Å². The van der Waals surface area contributed by atoms with E-state index in [9.17, 15) is 4.79 Å². The first-order valence-electron chi connectivity index (χ1n) is 10.2. The van der Waals surface area contributed by atoms with E-state index in [-0.39, 0.29) is 18.6 Å². The van der Waals surface area contributed by atoms with Crippen molar-refractivity contribution in [1.29, 1.82) is 0 Å². The number of aryl methyl sites for hydroxylation is 1. The molecule has 4 heterocycles. The summed E-state index contributed by atoms with van der Waals surface area (Å²) < 4.78 is 13.2. The van der Waals surface area contributed by atoms with Crippen molar-refractivity contribution in [3.63, 3.8) is 0 Å². The number of amides is 1. The van der Waals surface area contributed by atoms with Crippen molar-refractivity contribution < 1.29 is 14.3 Å². The van der Waals surface area contributed by atoms with Crippen LogP contribution in [0.4, 0.5) is 5.82 Å². The third kappa shape index (κ3) is 5.07. The number of hydrogen-bond donors (Lipinski definition) is 1. The molecular formula is C22H22ClN7O3. The van der Waals surface area contributed by atoms with Gasteiger partial charge in [-0.2, -0.15) is 9.78 Å². The van der Waals surface area contributed by atoms with Crippen LogP contribution in [0.2, 0.25) is 5.02 Å². The van der Waals surface area contributed by atoms with E-state index in [0.717, 1.165) is 5.56 Å². The lowest BCUT2D eigenvalue weighted by molar-refractivity contribution is -0.126. The predicted molar refractivity (Wildman–Crippen MR) is 123 cm³/mol. The molecule has 0 radical (unpaired) electrons. The number of nitrogens with zero attached hydrogens (tertiary/aromatic N) is 6. The molecule has 0 saturated carbocycles. The zero-order chi connectivity index (χ0) is 23.4. The molecule has 11 heteroatoms. The molecule has 33 heavy (non-hydrogen) atoms. The van der Waals surface area contributed by atoms with E-state index in [0.29, 0.717) is 27.7 Å². The summed E-state index contributed by atoms with van der Waals surface area (Å²) in [7, 11) is 0. The van der Waals surface area contributed by atoms with E-state index in [1.54, 1.807) is 30.6 Å². The Labute approximate surface area is 195 Å². The number of nitrogens with one attached hydrogen (secondary N) is 1. The Morgan fingerprint density at radius 1 is 1.15 bits per heavy atom. The van der Waals surface area contributed by atoms with Gasteiger partial charge < -0.3 is 14.8 Å². The maximum absolute atomic E-state index is 13.0. The second kappa shape index (κ2) is 9.88. The summed E-state index contributed by atoms with van der Waals surface area (Å²) >= 11 is 6.27. The topological polar surface area (TPSA) is 117 Å². The fourth-order valence-corrected chi connectivity index (χ4v) is 3.20. The van der Waals surface area contributed by atoms with Gasteiger partial charge in [-0.05, 0) is 44.5 Å². The van der Waals surface area contributed by atoms with Crippen LogP contribution in [-0.2, 0) is 9.53 Å². The third-order valence-corrected chi connectivity index (χ3v) is 4.94. The van der Waals surface area contributed by atoms with Crippen LogP contribution in [0.5, 0.6) is 5.88 Å². The number of anilines is 1.